The van der Waals surface area contributed by atoms with Gasteiger partial charge in [-0.2, -0.15) is 0 Å². The molecular weight excluding hydrogens is 164 g/mol. The molecule has 0 heterocycles. The fourth-order valence-corrected chi connectivity index (χ4v) is 1.87. The molecule has 0 amide bonds. The summed E-state index contributed by atoms with van der Waals surface area (Å²) in [5, 5.41) is 0. The Morgan fingerprint density at radius 1 is 1.54 bits per heavy atom. The Morgan fingerprint density at radius 2 is 2.23 bits per heavy atom. The van der Waals surface area contributed by atoms with Crippen molar-refractivity contribution in [2.45, 2.75) is 45.6 Å². The molecule has 0 bridgehead atoms. The highest BCUT2D eigenvalue weighted by molar-refractivity contribution is 5.81. The van der Waals surface area contributed by atoms with Crippen molar-refractivity contribution in [1.82, 2.24) is 0 Å². The second-order valence-electron chi connectivity index (χ2n) is 4.36. The van der Waals surface area contributed by atoms with E-state index in [1.54, 1.807) is 0 Å². The second-order valence-corrected chi connectivity index (χ2v) is 4.36. The van der Waals surface area contributed by atoms with Gasteiger partial charge in [0, 0.05) is 11.5 Å². The SMILES string of the molecule is C=CC(=O)OC1CCCCC1(C)C. The van der Waals surface area contributed by atoms with Crippen LogP contribution >= 0.6 is 0 Å². The normalized spacial score (nSPS) is 26.5. The molecule has 1 aliphatic carbocycles. The van der Waals surface area contributed by atoms with E-state index in [1.807, 2.05) is 0 Å². The summed E-state index contributed by atoms with van der Waals surface area (Å²) in [5.74, 6) is -0.292. The zero-order valence-corrected chi connectivity index (χ0v) is 8.51. The summed E-state index contributed by atoms with van der Waals surface area (Å²) < 4.78 is 5.30. The fourth-order valence-electron chi connectivity index (χ4n) is 1.87. The minimum Gasteiger partial charge on any atom is -0.459 e. The van der Waals surface area contributed by atoms with E-state index in [9.17, 15) is 4.79 Å². The van der Waals surface area contributed by atoms with Gasteiger partial charge in [0.2, 0.25) is 0 Å². The molecule has 0 aromatic heterocycles. The lowest BCUT2D eigenvalue weighted by Crippen LogP contribution is -2.36. The van der Waals surface area contributed by atoms with E-state index in [0.29, 0.717) is 0 Å². The Kier molecular flexibility index (Phi) is 3.12. The zero-order chi connectivity index (χ0) is 9.90. The lowest BCUT2D eigenvalue weighted by atomic mass is 9.75. The van der Waals surface area contributed by atoms with Crippen LogP contribution in [0.15, 0.2) is 12.7 Å². The van der Waals surface area contributed by atoms with E-state index in [2.05, 4.69) is 20.4 Å². The Morgan fingerprint density at radius 3 is 2.77 bits per heavy atom. The van der Waals surface area contributed by atoms with Crippen LogP contribution in [0.4, 0.5) is 0 Å². The molecule has 0 spiro atoms. The number of carbonyl (C=O) groups excluding carboxylic acids is 1. The monoisotopic (exact) mass is 182 g/mol. The standard InChI is InChI=1S/C11H18O2/c1-4-10(12)13-9-7-5-6-8-11(9,2)3/h4,9H,1,5-8H2,2-3H3. The van der Waals surface area contributed by atoms with Crippen LogP contribution in [-0.2, 0) is 9.53 Å². The molecule has 2 nitrogen and oxygen atoms in total. The molecule has 0 saturated heterocycles. The number of hydrogen-bond acceptors (Lipinski definition) is 2. The first-order valence-electron chi connectivity index (χ1n) is 4.89. The number of rotatable bonds is 2. The number of carbonyl (C=O) groups is 1. The number of ether oxygens (including phenoxy) is 1. The van der Waals surface area contributed by atoms with Crippen molar-refractivity contribution in [1.29, 1.82) is 0 Å². The second kappa shape index (κ2) is 3.95. The molecule has 0 aliphatic heterocycles. The highest BCUT2D eigenvalue weighted by Gasteiger charge is 2.34. The molecule has 0 aromatic carbocycles. The van der Waals surface area contributed by atoms with Gasteiger partial charge in [-0.15, -0.1) is 0 Å². The van der Waals surface area contributed by atoms with Crippen LogP contribution in [0, 0.1) is 5.41 Å². The Hall–Kier alpha value is -0.790. The molecule has 13 heavy (non-hydrogen) atoms. The number of esters is 1. The maximum atomic E-state index is 11.0. The molecule has 1 atom stereocenters. The number of hydrogen-bond donors (Lipinski definition) is 0. The first-order valence-corrected chi connectivity index (χ1v) is 4.89. The lowest BCUT2D eigenvalue weighted by molar-refractivity contribution is -0.151. The van der Waals surface area contributed by atoms with Crippen molar-refractivity contribution in [3.8, 4) is 0 Å². The molecule has 1 aliphatic rings. The largest absolute Gasteiger partial charge is 0.459 e. The van der Waals surface area contributed by atoms with E-state index in [4.69, 9.17) is 4.74 Å². The lowest BCUT2D eigenvalue weighted by Gasteiger charge is -2.37. The molecular formula is C11H18O2. The van der Waals surface area contributed by atoms with Gasteiger partial charge < -0.3 is 4.74 Å². The molecule has 1 saturated carbocycles. The summed E-state index contributed by atoms with van der Waals surface area (Å²) >= 11 is 0. The van der Waals surface area contributed by atoms with Crippen LogP contribution in [0.1, 0.15) is 39.5 Å². The van der Waals surface area contributed by atoms with Gasteiger partial charge >= 0.3 is 5.97 Å². The summed E-state index contributed by atoms with van der Waals surface area (Å²) in [4.78, 5) is 11.0. The van der Waals surface area contributed by atoms with Gasteiger partial charge in [0.15, 0.2) is 0 Å². The van der Waals surface area contributed by atoms with Crippen LogP contribution in [0.3, 0.4) is 0 Å². The average molecular weight is 182 g/mol. The van der Waals surface area contributed by atoms with E-state index in [1.165, 1.54) is 18.9 Å². The Labute approximate surface area is 80.0 Å². The van der Waals surface area contributed by atoms with Crippen LogP contribution < -0.4 is 0 Å². The summed E-state index contributed by atoms with van der Waals surface area (Å²) in [6.07, 6.45) is 5.86. The van der Waals surface area contributed by atoms with E-state index in [-0.39, 0.29) is 17.5 Å². The van der Waals surface area contributed by atoms with Gasteiger partial charge in [-0.25, -0.2) is 4.79 Å². The third-order valence-electron chi connectivity index (χ3n) is 2.83. The topological polar surface area (TPSA) is 26.3 Å². The van der Waals surface area contributed by atoms with Crippen molar-refractivity contribution in [3.05, 3.63) is 12.7 Å². The quantitative estimate of drug-likeness (QED) is 0.485. The summed E-state index contributed by atoms with van der Waals surface area (Å²) in [5.41, 5.74) is 0.136. The predicted molar refractivity (Wildman–Crippen MR) is 52.3 cm³/mol. The molecule has 0 radical (unpaired) electrons. The average Bonchev–Trinajstić information content (AvgIpc) is 2.08. The summed E-state index contributed by atoms with van der Waals surface area (Å²) in [6, 6.07) is 0. The minimum atomic E-state index is -0.292. The van der Waals surface area contributed by atoms with Crippen molar-refractivity contribution in [2.24, 2.45) is 5.41 Å². The maximum Gasteiger partial charge on any atom is 0.330 e. The molecule has 0 aromatic rings. The van der Waals surface area contributed by atoms with Gasteiger partial charge in [0.05, 0.1) is 0 Å². The van der Waals surface area contributed by atoms with Crippen molar-refractivity contribution in [2.75, 3.05) is 0 Å². The van der Waals surface area contributed by atoms with Gasteiger partial charge in [0.25, 0.3) is 0 Å². The fraction of sp³-hybridized carbons (Fsp3) is 0.727. The predicted octanol–water partition coefficient (Wildman–Crippen LogP) is 2.68. The summed E-state index contributed by atoms with van der Waals surface area (Å²) in [7, 11) is 0. The molecule has 2 heteroatoms. The highest BCUT2D eigenvalue weighted by atomic mass is 16.5. The van der Waals surface area contributed by atoms with Gasteiger partial charge in [-0.1, -0.05) is 26.8 Å². The smallest absolute Gasteiger partial charge is 0.330 e. The Balaban J connectivity index is 2.55. The molecule has 0 N–H and O–H groups in total. The van der Waals surface area contributed by atoms with Crippen molar-refractivity contribution in [3.63, 3.8) is 0 Å². The van der Waals surface area contributed by atoms with Crippen molar-refractivity contribution < 1.29 is 9.53 Å². The van der Waals surface area contributed by atoms with E-state index in [0.717, 1.165) is 12.8 Å². The third kappa shape index (κ3) is 2.58. The third-order valence-corrected chi connectivity index (χ3v) is 2.83. The zero-order valence-electron chi connectivity index (χ0n) is 8.51. The van der Waals surface area contributed by atoms with E-state index >= 15 is 0 Å². The first-order chi connectivity index (χ1) is 6.06. The van der Waals surface area contributed by atoms with Gasteiger partial charge in [0.1, 0.15) is 6.10 Å². The molecule has 1 unspecified atom stereocenters. The van der Waals surface area contributed by atoms with Crippen LogP contribution in [0.25, 0.3) is 0 Å². The maximum absolute atomic E-state index is 11.0. The molecule has 74 valence electrons. The van der Waals surface area contributed by atoms with Gasteiger partial charge in [-0.3, -0.25) is 0 Å². The highest BCUT2D eigenvalue weighted by Crippen LogP contribution is 2.37. The summed E-state index contributed by atoms with van der Waals surface area (Å²) in [6.45, 7) is 7.72. The first kappa shape index (κ1) is 10.3. The van der Waals surface area contributed by atoms with Crippen LogP contribution in [0.5, 0.6) is 0 Å². The van der Waals surface area contributed by atoms with Crippen molar-refractivity contribution >= 4 is 5.97 Å². The Bertz CT molecular complexity index is 206. The van der Waals surface area contributed by atoms with Crippen LogP contribution in [-0.4, -0.2) is 12.1 Å². The van der Waals surface area contributed by atoms with Gasteiger partial charge in [-0.05, 0) is 19.3 Å². The minimum absolute atomic E-state index is 0.0757. The van der Waals surface area contributed by atoms with E-state index < -0.39 is 0 Å². The molecule has 1 fully saturated rings. The molecule has 1 rings (SSSR count). The van der Waals surface area contributed by atoms with Crippen LogP contribution in [0.2, 0.25) is 0 Å².